The molecule has 1 saturated heterocycles. The van der Waals surface area contributed by atoms with Crippen LogP contribution in [0.25, 0.3) is 10.2 Å². The maximum absolute atomic E-state index is 12.5. The molecule has 1 aromatic heterocycles. The van der Waals surface area contributed by atoms with Crippen LogP contribution in [-0.4, -0.2) is 42.5 Å². The normalized spacial score (nSPS) is 19.2. The number of halogens is 1. The fourth-order valence-electron chi connectivity index (χ4n) is 2.96. The molecule has 3 rings (SSSR count). The molecule has 0 bridgehead atoms. The average molecular weight is 402 g/mol. The van der Waals surface area contributed by atoms with E-state index in [-0.39, 0.29) is 24.1 Å². The molecule has 1 aromatic carbocycles. The van der Waals surface area contributed by atoms with Crippen LogP contribution in [0.4, 0.5) is 5.13 Å². The van der Waals surface area contributed by atoms with E-state index in [4.69, 9.17) is 11.6 Å². The van der Waals surface area contributed by atoms with Gasteiger partial charge in [0.1, 0.15) is 0 Å². The molecule has 2 aromatic rings. The number of rotatable bonds is 5. The summed E-state index contributed by atoms with van der Waals surface area (Å²) in [5.41, 5.74) is 0.739. The number of amides is 1. The summed E-state index contributed by atoms with van der Waals surface area (Å²) < 4.78 is 26.9. The van der Waals surface area contributed by atoms with Crippen LogP contribution < -0.4 is 5.32 Å². The monoisotopic (exact) mass is 401 g/mol. The molecule has 136 valence electrons. The summed E-state index contributed by atoms with van der Waals surface area (Å²) in [6.45, 7) is 2.57. The summed E-state index contributed by atoms with van der Waals surface area (Å²) in [5.74, 6) is -0.405. The number of aromatic nitrogens is 1. The molecule has 1 aliphatic rings. The van der Waals surface area contributed by atoms with Crippen LogP contribution in [0.5, 0.6) is 0 Å². The number of sulfonamides is 1. The first kappa shape index (κ1) is 18.6. The lowest BCUT2D eigenvalue weighted by Crippen LogP contribution is -2.44. The Morgan fingerprint density at radius 1 is 1.48 bits per heavy atom. The number of carbonyl (C=O) groups excluding carboxylic acids is 1. The number of nitrogens with one attached hydrogen (secondary N) is 1. The van der Waals surface area contributed by atoms with Gasteiger partial charge in [-0.1, -0.05) is 29.9 Å². The number of thiazole rings is 1. The number of nitrogens with zero attached hydrogens (tertiary/aromatic N) is 2. The van der Waals surface area contributed by atoms with Gasteiger partial charge in [-0.2, -0.15) is 0 Å². The second-order valence-electron chi connectivity index (χ2n) is 6.13. The van der Waals surface area contributed by atoms with Crippen molar-refractivity contribution in [2.24, 2.45) is 5.92 Å². The Bertz CT molecular complexity index is 882. The molecule has 6 nitrogen and oxygen atoms in total. The fraction of sp³-hybridized carbons (Fsp3) is 0.500. The highest BCUT2D eigenvalue weighted by atomic mass is 35.5. The molecule has 0 radical (unpaired) electrons. The largest absolute Gasteiger partial charge is 0.302 e. The molecule has 2 heterocycles. The first-order valence-electron chi connectivity index (χ1n) is 8.24. The van der Waals surface area contributed by atoms with E-state index in [0.29, 0.717) is 36.0 Å². The van der Waals surface area contributed by atoms with Gasteiger partial charge in [-0.3, -0.25) is 4.79 Å². The van der Waals surface area contributed by atoms with Gasteiger partial charge in [0.2, 0.25) is 15.9 Å². The van der Waals surface area contributed by atoms with Gasteiger partial charge in [0.25, 0.3) is 0 Å². The number of hydrogen-bond acceptors (Lipinski definition) is 5. The molecular weight excluding hydrogens is 382 g/mol. The molecule has 1 unspecified atom stereocenters. The van der Waals surface area contributed by atoms with Crippen LogP contribution in [-0.2, 0) is 14.8 Å². The summed E-state index contributed by atoms with van der Waals surface area (Å²) in [5, 5.41) is 3.94. The van der Waals surface area contributed by atoms with Gasteiger partial charge in [0.15, 0.2) is 5.13 Å². The number of fused-ring (bicyclic) bond motifs is 1. The van der Waals surface area contributed by atoms with Crippen molar-refractivity contribution in [1.82, 2.24) is 9.29 Å². The quantitative estimate of drug-likeness (QED) is 0.833. The van der Waals surface area contributed by atoms with Crippen molar-refractivity contribution in [1.29, 1.82) is 0 Å². The van der Waals surface area contributed by atoms with Crippen LogP contribution >= 0.6 is 22.9 Å². The van der Waals surface area contributed by atoms with Crippen LogP contribution in [0, 0.1) is 5.92 Å². The minimum Gasteiger partial charge on any atom is -0.302 e. The fourth-order valence-corrected chi connectivity index (χ4v) is 5.56. The highest BCUT2D eigenvalue weighted by molar-refractivity contribution is 7.89. The van der Waals surface area contributed by atoms with Crippen molar-refractivity contribution in [2.45, 2.75) is 26.2 Å². The van der Waals surface area contributed by atoms with Crippen LogP contribution in [0.3, 0.4) is 0 Å². The van der Waals surface area contributed by atoms with Crippen LogP contribution in [0.2, 0.25) is 5.02 Å². The van der Waals surface area contributed by atoms with E-state index in [1.807, 2.05) is 13.0 Å². The predicted octanol–water partition coefficient (Wildman–Crippen LogP) is 3.34. The average Bonchev–Trinajstić information content (AvgIpc) is 2.96. The Morgan fingerprint density at radius 2 is 2.28 bits per heavy atom. The number of piperidine rings is 1. The van der Waals surface area contributed by atoms with Gasteiger partial charge in [0.05, 0.1) is 21.9 Å². The lowest BCUT2D eigenvalue weighted by Gasteiger charge is -2.30. The van der Waals surface area contributed by atoms with E-state index < -0.39 is 10.0 Å². The summed E-state index contributed by atoms with van der Waals surface area (Å²) in [4.78, 5) is 16.9. The minimum atomic E-state index is -3.27. The molecule has 25 heavy (non-hydrogen) atoms. The maximum Gasteiger partial charge on any atom is 0.230 e. The highest BCUT2D eigenvalue weighted by Gasteiger charge is 2.32. The molecule has 0 aliphatic carbocycles. The molecule has 1 N–H and O–H groups in total. The summed E-state index contributed by atoms with van der Waals surface area (Å²) >= 11 is 7.33. The lowest BCUT2D eigenvalue weighted by molar-refractivity contribution is -0.120. The van der Waals surface area contributed by atoms with Crippen molar-refractivity contribution in [3.05, 3.63) is 23.2 Å². The van der Waals surface area contributed by atoms with Crippen molar-refractivity contribution < 1.29 is 13.2 Å². The van der Waals surface area contributed by atoms with Gasteiger partial charge < -0.3 is 5.32 Å². The van der Waals surface area contributed by atoms with Gasteiger partial charge in [0, 0.05) is 18.1 Å². The predicted molar refractivity (Wildman–Crippen MR) is 102 cm³/mol. The Kier molecular flexibility index (Phi) is 5.62. The Balaban J connectivity index is 1.69. The van der Waals surface area contributed by atoms with Gasteiger partial charge in [-0.05, 0) is 37.5 Å². The second kappa shape index (κ2) is 7.57. The molecule has 1 aliphatic heterocycles. The van der Waals surface area contributed by atoms with Crippen LogP contribution in [0.1, 0.15) is 26.2 Å². The standard InChI is InChI=1S/C16H20ClN3O3S2/c1-2-8-25(22,23)20-7-3-4-11(10-20)15(21)19-16-18-13-9-12(17)5-6-14(13)24-16/h5-6,9,11H,2-4,7-8,10H2,1H3,(H,18,19,21). The zero-order valence-electron chi connectivity index (χ0n) is 13.9. The molecule has 0 saturated carbocycles. The molecule has 1 atom stereocenters. The van der Waals surface area contributed by atoms with Crippen molar-refractivity contribution in [3.8, 4) is 0 Å². The van der Waals surface area contributed by atoms with E-state index >= 15 is 0 Å². The molecular formula is C16H20ClN3O3S2. The van der Waals surface area contributed by atoms with E-state index in [0.717, 1.165) is 10.2 Å². The van der Waals surface area contributed by atoms with Crippen LogP contribution in [0.15, 0.2) is 18.2 Å². The van der Waals surface area contributed by atoms with E-state index in [9.17, 15) is 13.2 Å². The number of carbonyl (C=O) groups is 1. The van der Waals surface area contributed by atoms with Gasteiger partial charge in [-0.25, -0.2) is 17.7 Å². The van der Waals surface area contributed by atoms with Crippen molar-refractivity contribution >= 4 is 54.2 Å². The molecule has 9 heteroatoms. The van der Waals surface area contributed by atoms with E-state index in [1.54, 1.807) is 12.1 Å². The van der Waals surface area contributed by atoms with Gasteiger partial charge in [-0.15, -0.1) is 0 Å². The first-order valence-corrected chi connectivity index (χ1v) is 11.0. The number of benzene rings is 1. The minimum absolute atomic E-state index is 0.125. The van der Waals surface area contributed by atoms with E-state index in [1.165, 1.54) is 15.6 Å². The molecule has 1 fully saturated rings. The first-order chi connectivity index (χ1) is 11.9. The maximum atomic E-state index is 12.5. The Labute approximate surface area is 156 Å². The zero-order chi connectivity index (χ0) is 18.0. The number of hydrogen-bond donors (Lipinski definition) is 1. The van der Waals surface area contributed by atoms with E-state index in [2.05, 4.69) is 10.3 Å². The molecule has 0 spiro atoms. The topological polar surface area (TPSA) is 79.4 Å². The highest BCUT2D eigenvalue weighted by Crippen LogP contribution is 2.29. The van der Waals surface area contributed by atoms with Crippen molar-refractivity contribution in [3.63, 3.8) is 0 Å². The number of anilines is 1. The smallest absolute Gasteiger partial charge is 0.230 e. The summed E-state index contributed by atoms with van der Waals surface area (Å²) in [6.07, 6.45) is 1.95. The third kappa shape index (κ3) is 4.31. The third-order valence-corrected chi connectivity index (χ3v) is 7.42. The second-order valence-corrected chi connectivity index (χ2v) is 9.69. The Morgan fingerprint density at radius 3 is 3.04 bits per heavy atom. The zero-order valence-corrected chi connectivity index (χ0v) is 16.3. The lowest BCUT2D eigenvalue weighted by atomic mass is 9.99. The third-order valence-electron chi connectivity index (χ3n) is 4.19. The summed E-state index contributed by atoms with van der Waals surface area (Å²) in [7, 11) is -3.27. The van der Waals surface area contributed by atoms with Gasteiger partial charge >= 0.3 is 0 Å². The summed E-state index contributed by atoms with van der Waals surface area (Å²) in [6, 6.07) is 5.40. The SMILES string of the molecule is CCCS(=O)(=O)N1CCCC(C(=O)Nc2nc3cc(Cl)ccc3s2)C1. The van der Waals surface area contributed by atoms with Crippen molar-refractivity contribution in [2.75, 3.05) is 24.2 Å². The Hall–Kier alpha value is -1.22. The molecule has 1 amide bonds.